The molecule has 4 nitrogen and oxygen atoms in total. The molecule has 1 N–H and O–H groups in total. The Labute approximate surface area is 121 Å². The summed E-state index contributed by atoms with van der Waals surface area (Å²) in [4.78, 5) is 11.6. The number of benzene rings is 1. The van der Waals surface area contributed by atoms with Crippen molar-refractivity contribution in [1.82, 2.24) is 5.32 Å². The summed E-state index contributed by atoms with van der Waals surface area (Å²) < 4.78 is 10.4. The van der Waals surface area contributed by atoms with E-state index in [1.54, 1.807) is 0 Å². The normalized spacial score (nSPS) is 12.6. The van der Waals surface area contributed by atoms with Gasteiger partial charge >= 0.3 is 5.97 Å². The molecule has 0 bridgehead atoms. The largest absolute Gasteiger partial charge is 0.491 e. The second kappa shape index (κ2) is 7.90. The molecule has 0 spiro atoms. The molecule has 0 amide bonds. The number of hydrogen-bond donors (Lipinski definition) is 1. The van der Waals surface area contributed by atoms with Crippen LogP contribution in [-0.2, 0) is 16.1 Å². The Hall–Kier alpha value is -1.55. The molecule has 0 aromatic heterocycles. The van der Waals surface area contributed by atoms with Gasteiger partial charge in [-0.15, -0.1) is 0 Å². The van der Waals surface area contributed by atoms with Crippen LogP contribution in [0.3, 0.4) is 0 Å². The Balaban J connectivity index is 2.58. The fourth-order valence-corrected chi connectivity index (χ4v) is 1.90. The van der Waals surface area contributed by atoms with Gasteiger partial charge in [-0.2, -0.15) is 0 Å². The molecule has 1 rings (SSSR count). The molecule has 0 unspecified atom stereocenters. The maximum absolute atomic E-state index is 11.6. The average molecular weight is 279 g/mol. The second-order valence-electron chi connectivity index (χ2n) is 5.44. The van der Waals surface area contributed by atoms with Crippen LogP contribution in [0, 0.1) is 5.92 Å². The van der Waals surface area contributed by atoms with Gasteiger partial charge in [-0.25, -0.2) is 0 Å². The molecule has 20 heavy (non-hydrogen) atoms. The number of rotatable bonds is 7. The van der Waals surface area contributed by atoms with Crippen molar-refractivity contribution in [2.24, 2.45) is 5.92 Å². The van der Waals surface area contributed by atoms with Crippen LogP contribution >= 0.6 is 0 Å². The predicted molar refractivity (Wildman–Crippen MR) is 79.7 cm³/mol. The Kier molecular flexibility index (Phi) is 6.52. The number of esters is 1. The van der Waals surface area contributed by atoms with Crippen LogP contribution in [0.5, 0.6) is 5.75 Å². The molecule has 0 aliphatic carbocycles. The predicted octanol–water partition coefficient (Wildman–Crippen LogP) is 2.76. The van der Waals surface area contributed by atoms with Gasteiger partial charge in [-0.05, 0) is 37.5 Å². The standard InChI is InChI=1S/C16H25NO3/c1-11(2)15(16(18)19-5)17-10-13-6-8-14(9-7-13)20-12(3)4/h6-9,11-12,15,17H,10H2,1-5H3/t15-/m0/s1. The zero-order chi connectivity index (χ0) is 15.1. The van der Waals surface area contributed by atoms with E-state index < -0.39 is 0 Å². The smallest absolute Gasteiger partial charge is 0.323 e. The van der Waals surface area contributed by atoms with E-state index in [2.05, 4.69) is 5.32 Å². The van der Waals surface area contributed by atoms with Gasteiger partial charge in [0.1, 0.15) is 11.8 Å². The third-order valence-electron chi connectivity index (χ3n) is 2.94. The lowest BCUT2D eigenvalue weighted by atomic mass is 10.0. The molecule has 0 aliphatic rings. The van der Waals surface area contributed by atoms with Crippen molar-refractivity contribution in [3.05, 3.63) is 29.8 Å². The van der Waals surface area contributed by atoms with Crippen LogP contribution in [0.2, 0.25) is 0 Å². The van der Waals surface area contributed by atoms with Gasteiger partial charge in [0, 0.05) is 6.54 Å². The Morgan fingerprint density at radius 1 is 1.15 bits per heavy atom. The zero-order valence-electron chi connectivity index (χ0n) is 13.0. The molecule has 0 radical (unpaired) electrons. The van der Waals surface area contributed by atoms with Crippen LogP contribution in [0.4, 0.5) is 0 Å². The molecule has 0 saturated carbocycles. The molecule has 112 valence electrons. The minimum atomic E-state index is -0.286. The molecule has 0 saturated heterocycles. The van der Waals surface area contributed by atoms with E-state index in [1.807, 2.05) is 52.0 Å². The summed E-state index contributed by atoms with van der Waals surface area (Å²) in [5.41, 5.74) is 1.11. The van der Waals surface area contributed by atoms with E-state index in [9.17, 15) is 4.79 Å². The van der Waals surface area contributed by atoms with Gasteiger partial charge < -0.3 is 14.8 Å². The molecule has 1 atom stereocenters. The summed E-state index contributed by atoms with van der Waals surface area (Å²) in [6.45, 7) is 8.61. The van der Waals surface area contributed by atoms with Gasteiger partial charge in [0.25, 0.3) is 0 Å². The van der Waals surface area contributed by atoms with Gasteiger partial charge in [0.2, 0.25) is 0 Å². The number of carbonyl (C=O) groups is 1. The summed E-state index contributed by atoms with van der Waals surface area (Å²) in [6.07, 6.45) is 0.170. The molecule has 0 heterocycles. The number of carbonyl (C=O) groups excluding carboxylic acids is 1. The van der Waals surface area contributed by atoms with Crippen molar-refractivity contribution in [3.8, 4) is 5.75 Å². The van der Waals surface area contributed by atoms with Crippen molar-refractivity contribution >= 4 is 5.97 Å². The molecular weight excluding hydrogens is 254 g/mol. The fourth-order valence-electron chi connectivity index (χ4n) is 1.90. The lowest BCUT2D eigenvalue weighted by Crippen LogP contribution is -2.41. The third-order valence-corrected chi connectivity index (χ3v) is 2.94. The highest BCUT2D eigenvalue weighted by Crippen LogP contribution is 2.14. The van der Waals surface area contributed by atoms with Crippen molar-refractivity contribution in [1.29, 1.82) is 0 Å². The molecule has 1 aromatic carbocycles. The van der Waals surface area contributed by atoms with Crippen molar-refractivity contribution in [3.63, 3.8) is 0 Å². The Morgan fingerprint density at radius 3 is 2.20 bits per heavy atom. The van der Waals surface area contributed by atoms with Crippen molar-refractivity contribution in [2.75, 3.05) is 7.11 Å². The molecule has 1 aromatic rings. The maximum Gasteiger partial charge on any atom is 0.323 e. The van der Waals surface area contributed by atoms with Gasteiger partial charge in [-0.3, -0.25) is 4.79 Å². The first kappa shape index (κ1) is 16.5. The average Bonchev–Trinajstić information content (AvgIpc) is 2.39. The number of methoxy groups -OCH3 is 1. The van der Waals surface area contributed by atoms with Gasteiger partial charge in [-0.1, -0.05) is 26.0 Å². The van der Waals surface area contributed by atoms with Crippen LogP contribution in [0.15, 0.2) is 24.3 Å². The Bertz CT molecular complexity index is 412. The fraction of sp³-hybridized carbons (Fsp3) is 0.562. The first-order chi connectivity index (χ1) is 9.43. The summed E-state index contributed by atoms with van der Waals surface area (Å²) >= 11 is 0. The molecule has 4 heteroatoms. The quantitative estimate of drug-likeness (QED) is 0.780. The van der Waals surface area contributed by atoms with E-state index in [1.165, 1.54) is 7.11 Å². The first-order valence-corrected chi connectivity index (χ1v) is 7.00. The minimum Gasteiger partial charge on any atom is -0.491 e. The number of nitrogens with one attached hydrogen (secondary N) is 1. The minimum absolute atomic E-state index is 0.170. The lowest BCUT2D eigenvalue weighted by molar-refractivity contribution is -0.144. The van der Waals surface area contributed by atoms with Crippen LogP contribution < -0.4 is 10.1 Å². The third kappa shape index (κ3) is 5.21. The molecule has 0 aliphatic heterocycles. The highest BCUT2D eigenvalue weighted by Gasteiger charge is 2.21. The van der Waals surface area contributed by atoms with E-state index in [4.69, 9.17) is 9.47 Å². The highest BCUT2D eigenvalue weighted by molar-refractivity contribution is 5.75. The molecular formula is C16H25NO3. The van der Waals surface area contributed by atoms with Crippen molar-refractivity contribution < 1.29 is 14.3 Å². The first-order valence-electron chi connectivity index (χ1n) is 7.00. The van der Waals surface area contributed by atoms with E-state index in [0.29, 0.717) is 6.54 Å². The maximum atomic E-state index is 11.6. The topological polar surface area (TPSA) is 47.6 Å². The van der Waals surface area contributed by atoms with E-state index in [-0.39, 0.29) is 24.0 Å². The highest BCUT2D eigenvalue weighted by atomic mass is 16.5. The Morgan fingerprint density at radius 2 is 1.75 bits per heavy atom. The molecule has 0 fully saturated rings. The second-order valence-corrected chi connectivity index (χ2v) is 5.44. The summed E-state index contributed by atoms with van der Waals surface area (Å²) in [7, 11) is 1.41. The van der Waals surface area contributed by atoms with E-state index in [0.717, 1.165) is 11.3 Å². The van der Waals surface area contributed by atoms with Gasteiger partial charge in [0.05, 0.1) is 13.2 Å². The summed E-state index contributed by atoms with van der Waals surface area (Å²) in [5.74, 6) is 0.822. The summed E-state index contributed by atoms with van der Waals surface area (Å²) in [6, 6.07) is 7.60. The van der Waals surface area contributed by atoms with Gasteiger partial charge in [0.15, 0.2) is 0 Å². The van der Waals surface area contributed by atoms with Crippen LogP contribution in [0.25, 0.3) is 0 Å². The van der Waals surface area contributed by atoms with Crippen LogP contribution in [0.1, 0.15) is 33.3 Å². The van der Waals surface area contributed by atoms with E-state index >= 15 is 0 Å². The number of hydrogen-bond acceptors (Lipinski definition) is 4. The SMILES string of the molecule is COC(=O)[C@@H](NCc1ccc(OC(C)C)cc1)C(C)C. The monoisotopic (exact) mass is 279 g/mol. The summed E-state index contributed by atoms with van der Waals surface area (Å²) in [5, 5.41) is 3.23. The van der Waals surface area contributed by atoms with Crippen molar-refractivity contribution in [2.45, 2.75) is 46.4 Å². The number of ether oxygens (including phenoxy) is 2. The lowest BCUT2D eigenvalue weighted by Gasteiger charge is -2.20. The zero-order valence-corrected chi connectivity index (χ0v) is 13.0. The van der Waals surface area contributed by atoms with Crippen LogP contribution in [-0.4, -0.2) is 25.2 Å².